The van der Waals surface area contributed by atoms with Gasteiger partial charge in [0.05, 0.1) is 0 Å². The Morgan fingerprint density at radius 2 is 2.00 bits per heavy atom. The number of allylic oxidation sites excluding steroid dienone is 1. The highest BCUT2D eigenvalue weighted by atomic mass is 35.5. The fourth-order valence-corrected chi connectivity index (χ4v) is 7.82. The number of halogens is 1. The van der Waals surface area contributed by atoms with E-state index in [2.05, 4.69) is 13.8 Å². The SMILES string of the molecule is C[C@]12CC[C@H]3[C@@H](CCC4=CC(=O)CC[C@@]43C)[C@@H]1C[C@@H](Cl)[C@@H]2C(=O)CO. The number of aliphatic hydroxyl groups is 1. The molecule has 0 aromatic carbocycles. The number of carbonyl (C=O) groups excluding carboxylic acids is 2. The van der Waals surface area contributed by atoms with E-state index >= 15 is 0 Å². The van der Waals surface area contributed by atoms with Crippen molar-refractivity contribution >= 4 is 23.2 Å². The van der Waals surface area contributed by atoms with Gasteiger partial charge in [0.15, 0.2) is 11.6 Å². The van der Waals surface area contributed by atoms with Crippen LogP contribution in [0.25, 0.3) is 0 Å². The minimum Gasteiger partial charge on any atom is -0.389 e. The second kappa shape index (κ2) is 5.92. The lowest BCUT2D eigenvalue weighted by Gasteiger charge is -2.58. The van der Waals surface area contributed by atoms with Gasteiger partial charge in [-0.1, -0.05) is 19.4 Å². The highest BCUT2D eigenvalue weighted by Gasteiger charge is 2.62. The molecule has 4 heteroatoms. The molecule has 1 N–H and O–H groups in total. The predicted octanol–water partition coefficient (Wildman–Crippen LogP) is 3.91. The maximum atomic E-state index is 12.4. The van der Waals surface area contributed by atoms with Gasteiger partial charge in [0, 0.05) is 17.7 Å². The first-order chi connectivity index (χ1) is 11.8. The Labute approximate surface area is 155 Å². The summed E-state index contributed by atoms with van der Waals surface area (Å²) >= 11 is 6.65. The molecule has 3 nitrogen and oxygen atoms in total. The lowest BCUT2D eigenvalue weighted by Crippen LogP contribution is -2.51. The first-order valence-electron chi connectivity index (χ1n) is 9.83. The second-order valence-electron chi connectivity index (χ2n) is 9.37. The smallest absolute Gasteiger partial charge is 0.163 e. The summed E-state index contributed by atoms with van der Waals surface area (Å²) in [6, 6.07) is 0. The molecule has 0 radical (unpaired) electrons. The van der Waals surface area contributed by atoms with Gasteiger partial charge in [-0.3, -0.25) is 9.59 Å². The predicted molar refractivity (Wildman–Crippen MR) is 97.3 cm³/mol. The minimum atomic E-state index is -0.392. The Kier molecular flexibility index (Phi) is 4.20. The molecule has 0 aromatic heterocycles. The lowest BCUT2D eigenvalue weighted by molar-refractivity contribution is -0.133. The third-order valence-corrected chi connectivity index (χ3v) is 8.88. The summed E-state index contributed by atoms with van der Waals surface area (Å²) in [5, 5.41) is 9.28. The van der Waals surface area contributed by atoms with Crippen molar-refractivity contribution in [2.24, 2.45) is 34.5 Å². The van der Waals surface area contributed by atoms with Crippen LogP contribution in [0.5, 0.6) is 0 Å². The molecule has 7 atom stereocenters. The molecular formula is C21H29ClO3. The van der Waals surface area contributed by atoms with E-state index in [9.17, 15) is 14.7 Å². The zero-order chi connectivity index (χ0) is 18.0. The first kappa shape index (κ1) is 17.7. The van der Waals surface area contributed by atoms with Crippen molar-refractivity contribution in [2.45, 2.75) is 64.2 Å². The van der Waals surface area contributed by atoms with Crippen molar-refractivity contribution in [1.82, 2.24) is 0 Å². The number of Topliss-reactive ketones (excluding diaryl/α,β-unsaturated/α-hetero) is 1. The molecule has 4 aliphatic carbocycles. The van der Waals surface area contributed by atoms with Crippen molar-refractivity contribution in [3.63, 3.8) is 0 Å². The molecule has 0 heterocycles. The molecule has 4 rings (SSSR count). The van der Waals surface area contributed by atoms with Crippen molar-refractivity contribution < 1.29 is 14.7 Å². The summed E-state index contributed by atoms with van der Waals surface area (Å²) in [6.07, 6.45) is 8.73. The van der Waals surface area contributed by atoms with E-state index in [4.69, 9.17) is 11.6 Å². The lowest BCUT2D eigenvalue weighted by atomic mass is 9.46. The molecule has 0 saturated heterocycles. The van der Waals surface area contributed by atoms with Crippen LogP contribution in [0.4, 0.5) is 0 Å². The van der Waals surface area contributed by atoms with Gasteiger partial charge in [0.25, 0.3) is 0 Å². The largest absolute Gasteiger partial charge is 0.389 e. The molecule has 25 heavy (non-hydrogen) atoms. The van der Waals surface area contributed by atoms with Crippen LogP contribution in [0.15, 0.2) is 11.6 Å². The average molecular weight is 365 g/mol. The van der Waals surface area contributed by atoms with Gasteiger partial charge < -0.3 is 5.11 Å². The molecule has 0 bridgehead atoms. The summed E-state index contributed by atoms with van der Waals surface area (Å²) in [6.45, 7) is 4.22. The summed E-state index contributed by atoms with van der Waals surface area (Å²) in [4.78, 5) is 24.3. The van der Waals surface area contributed by atoms with E-state index in [1.165, 1.54) is 5.57 Å². The van der Waals surface area contributed by atoms with E-state index < -0.39 is 6.61 Å². The van der Waals surface area contributed by atoms with Gasteiger partial charge in [-0.15, -0.1) is 11.6 Å². The van der Waals surface area contributed by atoms with E-state index in [1.54, 1.807) is 0 Å². The average Bonchev–Trinajstić information content (AvgIpc) is 2.85. The van der Waals surface area contributed by atoms with E-state index in [1.807, 2.05) is 6.08 Å². The number of hydrogen-bond donors (Lipinski definition) is 1. The third kappa shape index (κ3) is 2.41. The Bertz CT molecular complexity index is 641. The van der Waals surface area contributed by atoms with E-state index in [0.29, 0.717) is 30.0 Å². The molecule has 4 aliphatic rings. The topological polar surface area (TPSA) is 54.4 Å². The first-order valence-corrected chi connectivity index (χ1v) is 10.3. The quantitative estimate of drug-likeness (QED) is 0.756. The van der Waals surface area contributed by atoms with Crippen LogP contribution < -0.4 is 0 Å². The number of rotatable bonds is 2. The van der Waals surface area contributed by atoms with Crippen LogP contribution in [0, 0.1) is 34.5 Å². The van der Waals surface area contributed by atoms with Gasteiger partial charge in [-0.2, -0.15) is 0 Å². The second-order valence-corrected chi connectivity index (χ2v) is 9.93. The molecular weight excluding hydrogens is 336 g/mol. The number of hydrogen-bond acceptors (Lipinski definition) is 3. The van der Waals surface area contributed by atoms with Crippen molar-refractivity contribution in [3.05, 3.63) is 11.6 Å². The van der Waals surface area contributed by atoms with Crippen LogP contribution >= 0.6 is 11.6 Å². The highest BCUT2D eigenvalue weighted by molar-refractivity contribution is 6.22. The van der Waals surface area contributed by atoms with Gasteiger partial charge in [-0.05, 0) is 73.2 Å². The van der Waals surface area contributed by atoms with Crippen molar-refractivity contribution in [2.75, 3.05) is 6.61 Å². The maximum Gasteiger partial charge on any atom is 0.163 e. The number of alkyl halides is 1. The van der Waals surface area contributed by atoms with Crippen molar-refractivity contribution in [3.8, 4) is 0 Å². The van der Waals surface area contributed by atoms with E-state index in [-0.39, 0.29) is 27.9 Å². The molecule has 0 aromatic rings. The molecule has 0 amide bonds. The zero-order valence-electron chi connectivity index (χ0n) is 15.3. The monoisotopic (exact) mass is 364 g/mol. The van der Waals surface area contributed by atoms with Crippen molar-refractivity contribution in [1.29, 1.82) is 0 Å². The van der Waals surface area contributed by atoms with Crippen LogP contribution in [0.2, 0.25) is 0 Å². The Balaban J connectivity index is 1.67. The van der Waals surface area contributed by atoms with Crippen LogP contribution in [-0.4, -0.2) is 28.7 Å². The summed E-state index contributed by atoms with van der Waals surface area (Å²) in [5.74, 6) is 1.67. The molecule has 3 fully saturated rings. The minimum absolute atomic E-state index is 0.0739. The van der Waals surface area contributed by atoms with Gasteiger partial charge in [-0.25, -0.2) is 0 Å². The standard InChI is InChI=1S/C21H29ClO3/c1-20-7-5-13(24)9-12(20)3-4-14-15(20)6-8-21(2)16(14)10-17(22)19(21)18(25)11-23/h9,14-17,19,23H,3-8,10-11H2,1-2H3/t14-,15+,16+,17-,19-,20+,21+/m1/s1. The Hall–Kier alpha value is -0.670. The number of carbonyl (C=O) groups is 2. The number of fused-ring (bicyclic) bond motifs is 5. The van der Waals surface area contributed by atoms with Gasteiger partial charge in [0.1, 0.15) is 6.61 Å². The number of aliphatic hydroxyl groups excluding tert-OH is 1. The van der Waals surface area contributed by atoms with E-state index in [0.717, 1.165) is 38.5 Å². The zero-order valence-corrected chi connectivity index (χ0v) is 16.0. The van der Waals surface area contributed by atoms with Crippen LogP contribution in [-0.2, 0) is 9.59 Å². The molecule has 3 saturated carbocycles. The number of ketones is 2. The normalized spacial score (nSPS) is 49.0. The fourth-order valence-electron chi connectivity index (χ4n) is 7.20. The molecule has 0 spiro atoms. The Morgan fingerprint density at radius 3 is 2.72 bits per heavy atom. The summed E-state index contributed by atoms with van der Waals surface area (Å²) in [7, 11) is 0. The Morgan fingerprint density at radius 1 is 1.24 bits per heavy atom. The van der Waals surface area contributed by atoms with Gasteiger partial charge >= 0.3 is 0 Å². The summed E-state index contributed by atoms with van der Waals surface area (Å²) in [5.41, 5.74) is 1.45. The summed E-state index contributed by atoms with van der Waals surface area (Å²) < 4.78 is 0. The van der Waals surface area contributed by atoms with Crippen LogP contribution in [0.3, 0.4) is 0 Å². The molecule has 0 unspecified atom stereocenters. The van der Waals surface area contributed by atoms with Gasteiger partial charge in [0.2, 0.25) is 0 Å². The third-order valence-electron chi connectivity index (χ3n) is 8.45. The van der Waals surface area contributed by atoms with Crippen LogP contribution in [0.1, 0.15) is 58.8 Å². The fraction of sp³-hybridized carbons (Fsp3) is 0.810. The maximum absolute atomic E-state index is 12.4. The highest BCUT2D eigenvalue weighted by Crippen LogP contribution is 2.67. The molecule has 0 aliphatic heterocycles. The molecule has 138 valence electrons.